The van der Waals surface area contributed by atoms with Crippen molar-refractivity contribution in [2.24, 2.45) is 0 Å². The quantitative estimate of drug-likeness (QED) is 0.780. The van der Waals surface area contributed by atoms with Crippen molar-refractivity contribution in [3.63, 3.8) is 0 Å². The third-order valence-electron chi connectivity index (χ3n) is 2.45. The predicted octanol–water partition coefficient (Wildman–Crippen LogP) is 1.26. The summed E-state index contributed by atoms with van der Waals surface area (Å²) >= 11 is 0. The van der Waals surface area contributed by atoms with Crippen LogP contribution in [0.3, 0.4) is 0 Å². The van der Waals surface area contributed by atoms with E-state index in [1.165, 1.54) is 7.11 Å². The van der Waals surface area contributed by atoms with Crippen molar-refractivity contribution in [2.75, 3.05) is 19.9 Å². The molecule has 88 valence electrons. The minimum Gasteiger partial charge on any atom is -0.399 e. The van der Waals surface area contributed by atoms with Crippen LogP contribution in [0, 0.1) is 0 Å². The first kappa shape index (κ1) is 12.5. The van der Waals surface area contributed by atoms with E-state index in [0.717, 1.165) is 5.56 Å². The van der Waals surface area contributed by atoms with Crippen molar-refractivity contribution < 1.29 is 9.53 Å². The average molecular weight is 222 g/mol. The Morgan fingerprint density at radius 2 is 2.25 bits per heavy atom. The minimum absolute atomic E-state index is 0.0371. The van der Waals surface area contributed by atoms with Gasteiger partial charge in [0, 0.05) is 26.4 Å². The van der Waals surface area contributed by atoms with Gasteiger partial charge in [0.05, 0.1) is 0 Å². The van der Waals surface area contributed by atoms with Crippen LogP contribution in [0.1, 0.15) is 12.5 Å². The van der Waals surface area contributed by atoms with Gasteiger partial charge in [0.2, 0.25) is 0 Å². The number of nitrogens with zero attached hydrogens (tertiary/aromatic N) is 1. The highest BCUT2D eigenvalue weighted by molar-refractivity contribution is 5.80. The van der Waals surface area contributed by atoms with E-state index in [1.54, 1.807) is 18.9 Å². The molecule has 0 aliphatic rings. The van der Waals surface area contributed by atoms with Gasteiger partial charge in [0.25, 0.3) is 5.91 Å². The fraction of sp³-hybridized carbons (Fsp3) is 0.417. The Bertz CT molecular complexity index is 366. The summed E-state index contributed by atoms with van der Waals surface area (Å²) in [5.74, 6) is -0.0371. The number of benzene rings is 1. The van der Waals surface area contributed by atoms with Gasteiger partial charge in [-0.05, 0) is 24.6 Å². The van der Waals surface area contributed by atoms with Crippen LogP contribution in [0.25, 0.3) is 0 Å². The lowest BCUT2D eigenvalue weighted by molar-refractivity contribution is -0.140. The topological polar surface area (TPSA) is 55.6 Å². The van der Waals surface area contributed by atoms with E-state index in [2.05, 4.69) is 0 Å². The molecule has 4 nitrogen and oxygen atoms in total. The second kappa shape index (κ2) is 5.51. The summed E-state index contributed by atoms with van der Waals surface area (Å²) in [6, 6.07) is 7.50. The molecule has 0 saturated carbocycles. The Hall–Kier alpha value is -1.55. The highest BCUT2D eigenvalue weighted by Crippen LogP contribution is 2.09. The second-order valence-electron chi connectivity index (χ2n) is 3.82. The van der Waals surface area contributed by atoms with E-state index >= 15 is 0 Å². The molecule has 1 aromatic rings. The highest BCUT2D eigenvalue weighted by atomic mass is 16.5. The molecule has 4 heteroatoms. The van der Waals surface area contributed by atoms with Gasteiger partial charge in [0.15, 0.2) is 0 Å². The molecule has 0 aromatic heterocycles. The van der Waals surface area contributed by atoms with Crippen LogP contribution in [0.4, 0.5) is 5.69 Å². The fourth-order valence-corrected chi connectivity index (χ4v) is 1.45. The molecule has 0 radical (unpaired) electrons. The van der Waals surface area contributed by atoms with Crippen molar-refractivity contribution in [1.29, 1.82) is 0 Å². The number of hydrogen-bond donors (Lipinski definition) is 1. The van der Waals surface area contributed by atoms with E-state index in [9.17, 15) is 4.79 Å². The number of anilines is 1. The summed E-state index contributed by atoms with van der Waals surface area (Å²) in [4.78, 5) is 13.4. The van der Waals surface area contributed by atoms with Crippen molar-refractivity contribution >= 4 is 11.6 Å². The molecule has 0 fully saturated rings. The lowest BCUT2D eigenvalue weighted by Crippen LogP contribution is -2.35. The first-order valence-electron chi connectivity index (χ1n) is 5.16. The fourth-order valence-electron chi connectivity index (χ4n) is 1.45. The Morgan fingerprint density at radius 1 is 1.56 bits per heavy atom. The normalized spacial score (nSPS) is 12.2. The summed E-state index contributed by atoms with van der Waals surface area (Å²) in [6.07, 6.45) is -0.411. The summed E-state index contributed by atoms with van der Waals surface area (Å²) in [6.45, 7) is 2.27. The number of likely N-dealkylation sites (N-methyl/N-ethyl adjacent to an activating group) is 1. The molecular formula is C12H18N2O2. The van der Waals surface area contributed by atoms with Crippen LogP contribution in [0.5, 0.6) is 0 Å². The van der Waals surface area contributed by atoms with E-state index in [4.69, 9.17) is 10.5 Å². The van der Waals surface area contributed by atoms with Gasteiger partial charge in [-0.25, -0.2) is 0 Å². The lowest BCUT2D eigenvalue weighted by Gasteiger charge is -2.20. The lowest BCUT2D eigenvalue weighted by atomic mass is 10.2. The molecule has 0 saturated heterocycles. The minimum atomic E-state index is -0.411. The zero-order chi connectivity index (χ0) is 12.1. The molecule has 0 spiro atoms. The summed E-state index contributed by atoms with van der Waals surface area (Å²) in [5, 5.41) is 0. The molecular weight excluding hydrogens is 204 g/mol. The van der Waals surface area contributed by atoms with Crippen molar-refractivity contribution in [3.05, 3.63) is 29.8 Å². The van der Waals surface area contributed by atoms with Crippen LogP contribution >= 0.6 is 0 Å². The third-order valence-corrected chi connectivity index (χ3v) is 2.45. The second-order valence-corrected chi connectivity index (χ2v) is 3.82. The van der Waals surface area contributed by atoms with Gasteiger partial charge >= 0.3 is 0 Å². The van der Waals surface area contributed by atoms with Crippen molar-refractivity contribution in [2.45, 2.75) is 19.6 Å². The number of nitrogens with two attached hydrogens (primary N) is 1. The van der Waals surface area contributed by atoms with Crippen LogP contribution in [0.15, 0.2) is 24.3 Å². The number of hydrogen-bond acceptors (Lipinski definition) is 3. The van der Waals surface area contributed by atoms with Crippen LogP contribution in [-0.2, 0) is 16.1 Å². The Labute approximate surface area is 96.0 Å². The molecule has 0 aliphatic carbocycles. The van der Waals surface area contributed by atoms with E-state index in [1.807, 2.05) is 24.3 Å². The molecule has 1 aromatic carbocycles. The van der Waals surface area contributed by atoms with Gasteiger partial charge in [0.1, 0.15) is 6.10 Å². The highest BCUT2D eigenvalue weighted by Gasteiger charge is 2.16. The summed E-state index contributed by atoms with van der Waals surface area (Å²) in [7, 11) is 3.28. The third kappa shape index (κ3) is 3.24. The maximum absolute atomic E-state index is 11.7. The van der Waals surface area contributed by atoms with Gasteiger partial charge < -0.3 is 15.4 Å². The number of nitrogen functional groups attached to an aromatic ring is 1. The molecule has 0 aliphatic heterocycles. The summed E-state index contributed by atoms with van der Waals surface area (Å²) in [5.41, 5.74) is 7.39. The monoisotopic (exact) mass is 222 g/mol. The standard InChI is InChI=1S/C12H18N2O2/c1-9(16-3)12(15)14(2)8-10-5-4-6-11(13)7-10/h4-7,9H,8,13H2,1-3H3. The molecule has 0 bridgehead atoms. The summed E-state index contributed by atoms with van der Waals surface area (Å²) < 4.78 is 4.98. The largest absolute Gasteiger partial charge is 0.399 e. The Balaban J connectivity index is 2.64. The SMILES string of the molecule is COC(C)C(=O)N(C)Cc1cccc(N)c1. The first-order valence-corrected chi connectivity index (χ1v) is 5.16. The first-order chi connectivity index (χ1) is 7.54. The number of ether oxygens (including phenoxy) is 1. The maximum Gasteiger partial charge on any atom is 0.251 e. The Kier molecular flexibility index (Phi) is 4.31. The van der Waals surface area contributed by atoms with Crippen LogP contribution in [0.2, 0.25) is 0 Å². The molecule has 1 rings (SSSR count). The van der Waals surface area contributed by atoms with E-state index < -0.39 is 6.10 Å². The van der Waals surface area contributed by atoms with Crippen molar-refractivity contribution in [3.8, 4) is 0 Å². The average Bonchev–Trinajstić information content (AvgIpc) is 2.27. The maximum atomic E-state index is 11.7. The number of methoxy groups -OCH3 is 1. The van der Waals surface area contributed by atoms with Gasteiger partial charge in [-0.2, -0.15) is 0 Å². The molecule has 1 unspecified atom stereocenters. The number of amides is 1. The molecule has 1 amide bonds. The number of carbonyl (C=O) groups excluding carboxylic acids is 1. The molecule has 16 heavy (non-hydrogen) atoms. The van der Waals surface area contributed by atoms with Gasteiger partial charge in [-0.1, -0.05) is 12.1 Å². The molecule has 0 heterocycles. The van der Waals surface area contributed by atoms with Gasteiger partial charge in [-0.15, -0.1) is 0 Å². The smallest absolute Gasteiger partial charge is 0.251 e. The van der Waals surface area contributed by atoms with Crippen molar-refractivity contribution in [1.82, 2.24) is 4.90 Å². The molecule has 1 atom stereocenters. The zero-order valence-electron chi connectivity index (χ0n) is 9.93. The van der Waals surface area contributed by atoms with Gasteiger partial charge in [-0.3, -0.25) is 4.79 Å². The number of carbonyl (C=O) groups is 1. The van der Waals surface area contributed by atoms with E-state index in [0.29, 0.717) is 12.2 Å². The van der Waals surface area contributed by atoms with Crippen LogP contribution < -0.4 is 5.73 Å². The van der Waals surface area contributed by atoms with Crippen LogP contribution in [-0.4, -0.2) is 31.1 Å². The Morgan fingerprint density at radius 3 is 2.81 bits per heavy atom. The predicted molar refractivity (Wildman–Crippen MR) is 63.8 cm³/mol. The zero-order valence-corrected chi connectivity index (χ0v) is 9.93. The molecule has 2 N–H and O–H groups in total. The van der Waals surface area contributed by atoms with E-state index in [-0.39, 0.29) is 5.91 Å². The number of rotatable bonds is 4.